The van der Waals surface area contributed by atoms with Gasteiger partial charge in [0, 0.05) is 20.9 Å². The second-order valence-electron chi connectivity index (χ2n) is 4.39. The molecule has 2 aromatic carbocycles. The first-order chi connectivity index (χ1) is 8.56. The average Bonchev–Trinajstić information content (AvgIpc) is 2.28. The van der Waals surface area contributed by atoms with Crippen molar-refractivity contribution in [2.24, 2.45) is 5.73 Å². The molecule has 0 saturated carbocycles. The van der Waals surface area contributed by atoms with Crippen LogP contribution in [0.25, 0.3) is 0 Å². The topological polar surface area (TPSA) is 26.0 Å². The maximum absolute atomic E-state index is 6.23. The summed E-state index contributed by atoms with van der Waals surface area (Å²) in [5.74, 6) is 0. The van der Waals surface area contributed by atoms with Gasteiger partial charge in [-0.25, -0.2) is 0 Å². The van der Waals surface area contributed by atoms with Crippen LogP contribution in [0, 0.1) is 6.92 Å². The van der Waals surface area contributed by atoms with Crippen LogP contribution in [-0.2, 0) is 0 Å². The van der Waals surface area contributed by atoms with E-state index in [4.69, 9.17) is 17.3 Å². The van der Waals surface area contributed by atoms with Gasteiger partial charge >= 0.3 is 0 Å². The van der Waals surface area contributed by atoms with E-state index in [1.165, 1.54) is 10.5 Å². The molecule has 0 aliphatic rings. The van der Waals surface area contributed by atoms with Crippen molar-refractivity contribution in [1.29, 1.82) is 0 Å². The van der Waals surface area contributed by atoms with Crippen molar-refractivity contribution in [2.75, 3.05) is 0 Å². The van der Waals surface area contributed by atoms with Crippen molar-refractivity contribution in [1.82, 2.24) is 0 Å². The van der Waals surface area contributed by atoms with Crippen LogP contribution >= 0.6 is 23.4 Å². The molecular weight excluding hydrogens is 262 g/mol. The summed E-state index contributed by atoms with van der Waals surface area (Å²) in [5, 5.41) is 0.739. The monoisotopic (exact) mass is 277 g/mol. The summed E-state index contributed by atoms with van der Waals surface area (Å²) < 4.78 is 0. The number of hydrogen-bond donors (Lipinski definition) is 1. The molecule has 2 rings (SSSR count). The third kappa shape index (κ3) is 3.29. The first-order valence-electron chi connectivity index (χ1n) is 5.86. The SMILES string of the molecule is Cc1cccc(Sc2ccc(C(C)N)c(Cl)c2)c1. The zero-order valence-electron chi connectivity index (χ0n) is 10.5. The van der Waals surface area contributed by atoms with Gasteiger partial charge < -0.3 is 5.73 Å². The number of halogens is 1. The highest BCUT2D eigenvalue weighted by Gasteiger charge is 2.06. The Bertz CT molecular complexity index is 552. The van der Waals surface area contributed by atoms with Crippen molar-refractivity contribution < 1.29 is 0 Å². The molecule has 0 radical (unpaired) electrons. The van der Waals surface area contributed by atoms with Crippen molar-refractivity contribution in [3.05, 3.63) is 58.6 Å². The molecule has 0 saturated heterocycles. The highest BCUT2D eigenvalue weighted by Crippen LogP contribution is 2.32. The summed E-state index contributed by atoms with van der Waals surface area (Å²) in [6.07, 6.45) is 0. The molecule has 0 fully saturated rings. The van der Waals surface area contributed by atoms with Crippen LogP contribution in [0.1, 0.15) is 24.1 Å². The van der Waals surface area contributed by atoms with Crippen molar-refractivity contribution in [2.45, 2.75) is 29.7 Å². The standard InChI is InChI=1S/C15H16ClNS/c1-10-4-3-5-12(8-10)18-13-6-7-14(11(2)17)15(16)9-13/h3-9,11H,17H2,1-2H3. The molecule has 1 atom stereocenters. The molecule has 2 aromatic rings. The van der Waals surface area contributed by atoms with Crippen LogP contribution in [0.5, 0.6) is 0 Å². The summed E-state index contributed by atoms with van der Waals surface area (Å²) in [4.78, 5) is 2.36. The smallest absolute Gasteiger partial charge is 0.0464 e. The molecule has 0 heterocycles. The third-order valence-electron chi connectivity index (χ3n) is 2.69. The van der Waals surface area contributed by atoms with E-state index in [1.807, 2.05) is 19.1 Å². The maximum Gasteiger partial charge on any atom is 0.0464 e. The molecular formula is C15H16ClNS. The molecule has 0 amide bonds. The summed E-state index contributed by atoms with van der Waals surface area (Å²) >= 11 is 7.94. The minimum absolute atomic E-state index is 0.0319. The Hall–Kier alpha value is -0.960. The second kappa shape index (κ2) is 5.79. The predicted molar refractivity (Wildman–Crippen MR) is 79.4 cm³/mol. The molecule has 18 heavy (non-hydrogen) atoms. The summed E-state index contributed by atoms with van der Waals surface area (Å²) in [6.45, 7) is 4.03. The van der Waals surface area contributed by atoms with Crippen LogP contribution in [-0.4, -0.2) is 0 Å². The Labute approximate surface area is 117 Å². The van der Waals surface area contributed by atoms with Crippen LogP contribution in [0.15, 0.2) is 52.3 Å². The van der Waals surface area contributed by atoms with Crippen LogP contribution in [0.4, 0.5) is 0 Å². The molecule has 1 nitrogen and oxygen atoms in total. The summed E-state index contributed by atoms with van der Waals surface area (Å²) in [6, 6.07) is 14.4. The van der Waals surface area contributed by atoms with Gasteiger partial charge in [-0.15, -0.1) is 0 Å². The average molecular weight is 278 g/mol. The fourth-order valence-electron chi connectivity index (χ4n) is 1.76. The summed E-state index contributed by atoms with van der Waals surface area (Å²) in [7, 11) is 0. The van der Waals surface area contributed by atoms with Crippen LogP contribution in [0.2, 0.25) is 5.02 Å². The molecule has 0 aliphatic carbocycles. The first kappa shape index (κ1) is 13.5. The molecule has 3 heteroatoms. The lowest BCUT2D eigenvalue weighted by Gasteiger charge is -2.10. The molecule has 0 spiro atoms. The van der Waals surface area contributed by atoms with Gasteiger partial charge in [-0.3, -0.25) is 0 Å². The molecule has 2 N–H and O–H groups in total. The van der Waals surface area contributed by atoms with E-state index in [0.29, 0.717) is 0 Å². The maximum atomic E-state index is 6.23. The Kier molecular flexibility index (Phi) is 4.33. The van der Waals surface area contributed by atoms with E-state index in [9.17, 15) is 0 Å². The lowest BCUT2D eigenvalue weighted by Crippen LogP contribution is -2.05. The van der Waals surface area contributed by atoms with Gasteiger partial charge in [0.1, 0.15) is 0 Å². The normalized spacial score (nSPS) is 12.4. The van der Waals surface area contributed by atoms with Crippen LogP contribution < -0.4 is 5.73 Å². The number of benzene rings is 2. The third-order valence-corrected chi connectivity index (χ3v) is 3.99. The van der Waals surface area contributed by atoms with E-state index < -0.39 is 0 Å². The van der Waals surface area contributed by atoms with Gasteiger partial charge in [0.2, 0.25) is 0 Å². The van der Waals surface area contributed by atoms with Gasteiger partial charge in [-0.05, 0) is 43.7 Å². The molecule has 94 valence electrons. The van der Waals surface area contributed by atoms with E-state index in [-0.39, 0.29) is 6.04 Å². The fourth-order valence-corrected chi connectivity index (χ4v) is 3.15. The number of rotatable bonds is 3. The van der Waals surface area contributed by atoms with E-state index in [0.717, 1.165) is 15.5 Å². The van der Waals surface area contributed by atoms with E-state index in [1.54, 1.807) is 11.8 Å². The quantitative estimate of drug-likeness (QED) is 0.870. The predicted octanol–water partition coefficient (Wildman–Crippen LogP) is 4.82. The highest BCUT2D eigenvalue weighted by atomic mass is 35.5. The Morgan fingerprint density at radius 2 is 1.83 bits per heavy atom. The van der Waals surface area contributed by atoms with Crippen LogP contribution in [0.3, 0.4) is 0 Å². The molecule has 0 aliphatic heterocycles. The highest BCUT2D eigenvalue weighted by molar-refractivity contribution is 7.99. The van der Waals surface area contributed by atoms with E-state index >= 15 is 0 Å². The lowest BCUT2D eigenvalue weighted by atomic mass is 10.1. The second-order valence-corrected chi connectivity index (χ2v) is 5.94. The number of aryl methyl sites for hydroxylation is 1. The van der Waals surface area contributed by atoms with E-state index in [2.05, 4.69) is 37.3 Å². The lowest BCUT2D eigenvalue weighted by molar-refractivity contribution is 0.817. The van der Waals surface area contributed by atoms with Gasteiger partial charge in [0.15, 0.2) is 0 Å². The summed E-state index contributed by atoms with van der Waals surface area (Å²) in [5.41, 5.74) is 8.10. The number of nitrogens with two attached hydrogens (primary N) is 1. The van der Waals surface area contributed by atoms with Crippen molar-refractivity contribution >= 4 is 23.4 Å². The first-order valence-corrected chi connectivity index (χ1v) is 7.05. The molecule has 1 unspecified atom stereocenters. The fraction of sp³-hybridized carbons (Fsp3) is 0.200. The van der Waals surface area contributed by atoms with Gasteiger partial charge in [0.05, 0.1) is 0 Å². The minimum atomic E-state index is -0.0319. The Morgan fingerprint density at radius 1 is 1.11 bits per heavy atom. The molecule has 0 aromatic heterocycles. The largest absolute Gasteiger partial charge is 0.324 e. The van der Waals surface area contributed by atoms with Crippen molar-refractivity contribution in [3.63, 3.8) is 0 Å². The number of hydrogen-bond acceptors (Lipinski definition) is 2. The van der Waals surface area contributed by atoms with Gasteiger partial charge in [-0.2, -0.15) is 0 Å². The Balaban J connectivity index is 2.23. The zero-order valence-corrected chi connectivity index (χ0v) is 12.1. The van der Waals surface area contributed by atoms with Gasteiger partial charge in [-0.1, -0.05) is 47.1 Å². The Morgan fingerprint density at radius 3 is 2.44 bits per heavy atom. The van der Waals surface area contributed by atoms with Crippen molar-refractivity contribution in [3.8, 4) is 0 Å². The zero-order chi connectivity index (χ0) is 13.1. The van der Waals surface area contributed by atoms with Gasteiger partial charge in [0.25, 0.3) is 0 Å². The minimum Gasteiger partial charge on any atom is -0.324 e. The molecule has 0 bridgehead atoms.